The Balaban J connectivity index is 2.21. The standard InChI is InChI=1S/C15H21NO4S/c1-16(14-10-6-5-9-13(14)15(17)18)21(19,20)11-12-7-3-2-4-8-12/h5-6,9-10,12H,2-4,7-8,11H2,1H3,(H,17,18). The molecular formula is C15H21NO4S. The highest BCUT2D eigenvalue weighted by atomic mass is 32.2. The van der Waals surface area contributed by atoms with E-state index in [0.29, 0.717) is 0 Å². The van der Waals surface area contributed by atoms with Gasteiger partial charge in [0.25, 0.3) is 0 Å². The van der Waals surface area contributed by atoms with Gasteiger partial charge in [0.15, 0.2) is 0 Å². The fourth-order valence-corrected chi connectivity index (χ4v) is 4.45. The SMILES string of the molecule is CN(c1ccccc1C(=O)O)S(=O)(=O)CC1CCCCC1. The van der Waals surface area contributed by atoms with E-state index in [1.54, 1.807) is 12.1 Å². The quantitative estimate of drug-likeness (QED) is 0.907. The van der Waals surface area contributed by atoms with Gasteiger partial charge in [-0.15, -0.1) is 0 Å². The van der Waals surface area contributed by atoms with Gasteiger partial charge in [-0.05, 0) is 30.9 Å². The Morgan fingerprint density at radius 3 is 2.48 bits per heavy atom. The van der Waals surface area contributed by atoms with Crippen molar-refractivity contribution in [2.75, 3.05) is 17.1 Å². The molecule has 21 heavy (non-hydrogen) atoms. The molecule has 0 atom stereocenters. The van der Waals surface area contributed by atoms with Crippen LogP contribution in [0.5, 0.6) is 0 Å². The van der Waals surface area contributed by atoms with Gasteiger partial charge in [0.1, 0.15) is 0 Å². The van der Waals surface area contributed by atoms with Gasteiger partial charge < -0.3 is 5.11 Å². The maximum Gasteiger partial charge on any atom is 0.337 e. The van der Waals surface area contributed by atoms with Crippen LogP contribution in [0, 0.1) is 5.92 Å². The number of anilines is 1. The van der Waals surface area contributed by atoms with Gasteiger partial charge in [0, 0.05) is 7.05 Å². The van der Waals surface area contributed by atoms with Crippen molar-refractivity contribution in [1.29, 1.82) is 0 Å². The van der Waals surface area contributed by atoms with Crippen LogP contribution < -0.4 is 4.31 Å². The number of aromatic carboxylic acids is 1. The van der Waals surface area contributed by atoms with Gasteiger partial charge in [-0.3, -0.25) is 4.31 Å². The van der Waals surface area contributed by atoms with Crippen LogP contribution in [0.4, 0.5) is 5.69 Å². The lowest BCUT2D eigenvalue weighted by molar-refractivity contribution is 0.0698. The lowest BCUT2D eigenvalue weighted by atomic mass is 9.91. The summed E-state index contributed by atoms with van der Waals surface area (Å²) in [5.74, 6) is -0.842. The molecule has 1 N–H and O–H groups in total. The number of hydrogen-bond acceptors (Lipinski definition) is 3. The number of carboxylic acids is 1. The number of hydrogen-bond donors (Lipinski definition) is 1. The fraction of sp³-hybridized carbons (Fsp3) is 0.533. The first-order valence-electron chi connectivity index (χ1n) is 7.21. The molecule has 1 aromatic rings. The van der Waals surface area contributed by atoms with Gasteiger partial charge in [0.05, 0.1) is 17.0 Å². The first-order valence-corrected chi connectivity index (χ1v) is 8.81. The molecule has 0 unspecified atom stereocenters. The Morgan fingerprint density at radius 2 is 1.86 bits per heavy atom. The zero-order valence-corrected chi connectivity index (χ0v) is 13.0. The van der Waals surface area contributed by atoms with Gasteiger partial charge in [0.2, 0.25) is 10.0 Å². The summed E-state index contributed by atoms with van der Waals surface area (Å²) in [6.07, 6.45) is 5.21. The summed E-state index contributed by atoms with van der Waals surface area (Å²) in [5, 5.41) is 9.18. The summed E-state index contributed by atoms with van der Waals surface area (Å²) < 4.78 is 26.1. The van der Waals surface area contributed by atoms with Crippen LogP contribution in [-0.2, 0) is 10.0 Å². The normalized spacial score (nSPS) is 16.6. The number of benzene rings is 1. The Bertz CT molecular complexity index is 606. The molecule has 116 valence electrons. The summed E-state index contributed by atoms with van der Waals surface area (Å²) in [5.41, 5.74) is 0.230. The molecular weight excluding hydrogens is 290 g/mol. The zero-order valence-electron chi connectivity index (χ0n) is 12.2. The molecule has 0 aliphatic heterocycles. The van der Waals surface area contributed by atoms with E-state index in [9.17, 15) is 18.3 Å². The molecule has 1 aliphatic carbocycles. The first-order chi connectivity index (χ1) is 9.92. The second kappa shape index (κ2) is 6.47. The summed E-state index contributed by atoms with van der Waals surface area (Å²) in [6, 6.07) is 6.19. The van der Waals surface area contributed by atoms with Crippen LogP contribution in [0.2, 0.25) is 0 Å². The molecule has 1 fully saturated rings. The van der Waals surface area contributed by atoms with Crippen LogP contribution in [0.15, 0.2) is 24.3 Å². The predicted octanol–water partition coefficient (Wildman–Crippen LogP) is 2.73. The van der Waals surface area contributed by atoms with Crippen molar-refractivity contribution in [3.63, 3.8) is 0 Å². The number of para-hydroxylation sites is 1. The van der Waals surface area contributed by atoms with Crippen LogP contribution in [-0.4, -0.2) is 32.3 Å². The Kier molecular flexibility index (Phi) is 4.88. The number of rotatable bonds is 5. The minimum absolute atomic E-state index is 0.00668. The molecule has 0 aromatic heterocycles. The van der Waals surface area contributed by atoms with Crippen molar-refractivity contribution >= 4 is 21.7 Å². The van der Waals surface area contributed by atoms with Crippen molar-refractivity contribution in [2.45, 2.75) is 32.1 Å². The molecule has 1 aromatic carbocycles. The minimum atomic E-state index is -3.50. The molecule has 1 aliphatic rings. The van der Waals surface area contributed by atoms with E-state index in [1.165, 1.54) is 25.6 Å². The van der Waals surface area contributed by atoms with Gasteiger partial charge in [-0.25, -0.2) is 13.2 Å². The van der Waals surface area contributed by atoms with E-state index >= 15 is 0 Å². The highest BCUT2D eigenvalue weighted by Gasteiger charge is 2.27. The van der Waals surface area contributed by atoms with Crippen molar-refractivity contribution in [3.05, 3.63) is 29.8 Å². The lowest BCUT2D eigenvalue weighted by Gasteiger charge is -2.26. The molecule has 0 heterocycles. The van der Waals surface area contributed by atoms with Crippen LogP contribution in [0.1, 0.15) is 42.5 Å². The average molecular weight is 311 g/mol. The maximum atomic E-state index is 12.5. The smallest absolute Gasteiger partial charge is 0.337 e. The second-order valence-electron chi connectivity index (χ2n) is 5.57. The van der Waals surface area contributed by atoms with Crippen molar-refractivity contribution in [3.8, 4) is 0 Å². The third-order valence-corrected chi connectivity index (χ3v) is 5.99. The van der Waals surface area contributed by atoms with E-state index in [-0.39, 0.29) is 22.9 Å². The van der Waals surface area contributed by atoms with Crippen molar-refractivity contribution < 1.29 is 18.3 Å². The van der Waals surface area contributed by atoms with Crippen molar-refractivity contribution in [1.82, 2.24) is 0 Å². The maximum absolute atomic E-state index is 12.5. The molecule has 6 heteroatoms. The number of carboxylic acid groups (broad SMARTS) is 1. The molecule has 0 amide bonds. The highest BCUT2D eigenvalue weighted by Crippen LogP contribution is 2.28. The molecule has 0 bridgehead atoms. The molecule has 0 spiro atoms. The average Bonchev–Trinajstić information content (AvgIpc) is 2.47. The number of carbonyl (C=O) groups is 1. The molecule has 1 saturated carbocycles. The summed E-state index contributed by atoms with van der Waals surface area (Å²) >= 11 is 0. The summed E-state index contributed by atoms with van der Waals surface area (Å²) in [4.78, 5) is 11.2. The summed E-state index contributed by atoms with van der Waals surface area (Å²) in [7, 11) is -2.07. The largest absolute Gasteiger partial charge is 0.478 e. The fourth-order valence-electron chi connectivity index (χ4n) is 2.84. The molecule has 2 rings (SSSR count). The Hall–Kier alpha value is -1.56. The number of nitrogens with zero attached hydrogens (tertiary/aromatic N) is 1. The van der Waals surface area contributed by atoms with Gasteiger partial charge in [-0.2, -0.15) is 0 Å². The van der Waals surface area contributed by atoms with Gasteiger partial charge >= 0.3 is 5.97 Å². The van der Waals surface area contributed by atoms with Crippen LogP contribution in [0.3, 0.4) is 0 Å². The summed E-state index contributed by atoms with van der Waals surface area (Å²) in [6.45, 7) is 0. The Labute approximate surface area is 125 Å². The van der Waals surface area contributed by atoms with Crippen LogP contribution in [0.25, 0.3) is 0 Å². The molecule has 0 saturated heterocycles. The zero-order chi connectivity index (χ0) is 15.5. The monoisotopic (exact) mass is 311 g/mol. The Morgan fingerprint density at radius 1 is 1.24 bits per heavy atom. The van der Waals surface area contributed by atoms with Gasteiger partial charge in [-0.1, -0.05) is 31.4 Å². The predicted molar refractivity (Wildman–Crippen MR) is 82.2 cm³/mol. The van der Waals surface area contributed by atoms with Crippen molar-refractivity contribution in [2.24, 2.45) is 5.92 Å². The highest BCUT2D eigenvalue weighted by molar-refractivity contribution is 7.92. The second-order valence-corrected chi connectivity index (χ2v) is 7.62. The first kappa shape index (κ1) is 15.8. The van der Waals surface area contributed by atoms with E-state index in [2.05, 4.69) is 0 Å². The number of sulfonamides is 1. The third kappa shape index (κ3) is 3.75. The van der Waals surface area contributed by atoms with Crippen LogP contribution >= 0.6 is 0 Å². The topological polar surface area (TPSA) is 74.7 Å². The molecule has 5 nitrogen and oxygen atoms in total. The van der Waals surface area contributed by atoms with E-state index in [4.69, 9.17) is 0 Å². The minimum Gasteiger partial charge on any atom is -0.478 e. The lowest BCUT2D eigenvalue weighted by Crippen LogP contribution is -2.33. The van der Waals surface area contributed by atoms with E-state index in [0.717, 1.165) is 30.0 Å². The van der Waals surface area contributed by atoms with E-state index in [1.807, 2.05) is 0 Å². The third-order valence-electron chi connectivity index (χ3n) is 4.06. The van der Waals surface area contributed by atoms with E-state index < -0.39 is 16.0 Å². The molecule has 0 radical (unpaired) electrons.